The van der Waals surface area contributed by atoms with Gasteiger partial charge in [-0.15, -0.1) is 0 Å². The first-order valence-electron chi connectivity index (χ1n) is 9.73. The van der Waals surface area contributed by atoms with E-state index in [-0.39, 0.29) is 24.4 Å². The van der Waals surface area contributed by atoms with Gasteiger partial charge in [-0.05, 0) is 36.2 Å². The number of carbonyl (C=O) groups excluding carboxylic acids is 1. The monoisotopic (exact) mass is 428 g/mol. The number of benzene rings is 2. The Morgan fingerprint density at radius 3 is 2.61 bits per heavy atom. The number of carbonyl (C=O) groups is 1. The number of amides is 2. The molecule has 7 nitrogen and oxygen atoms in total. The molecule has 2 aromatic carbocycles. The fourth-order valence-electron chi connectivity index (χ4n) is 3.02. The molecule has 2 amide bonds. The van der Waals surface area contributed by atoms with Gasteiger partial charge in [-0.1, -0.05) is 37.3 Å². The van der Waals surface area contributed by atoms with E-state index in [1.54, 1.807) is 18.2 Å². The Kier molecular flexibility index (Phi) is 7.31. The first-order chi connectivity index (χ1) is 15.0. The SMILES string of the molecule is CCc1ccccc1NC(=O)NCCn1nc(-c2ccccc2OC(F)F)ccc1=O. The number of halogens is 2. The molecule has 0 bridgehead atoms. The molecule has 3 rings (SSSR count). The van der Waals surface area contributed by atoms with E-state index in [2.05, 4.69) is 20.5 Å². The first kappa shape index (κ1) is 21.9. The molecule has 0 atom stereocenters. The van der Waals surface area contributed by atoms with Gasteiger partial charge in [-0.2, -0.15) is 13.9 Å². The molecule has 31 heavy (non-hydrogen) atoms. The van der Waals surface area contributed by atoms with Gasteiger partial charge >= 0.3 is 12.6 Å². The van der Waals surface area contributed by atoms with Crippen molar-refractivity contribution in [2.75, 3.05) is 11.9 Å². The fourth-order valence-corrected chi connectivity index (χ4v) is 3.02. The molecule has 1 heterocycles. The van der Waals surface area contributed by atoms with Gasteiger partial charge in [-0.3, -0.25) is 4.79 Å². The molecule has 0 saturated carbocycles. The highest BCUT2D eigenvalue weighted by Crippen LogP contribution is 2.28. The standard InChI is InChI=1S/C22H22F2N4O3/c1-2-15-7-3-5-9-17(15)26-22(30)25-13-14-28-20(29)12-11-18(27-28)16-8-4-6-10-19(16)31-21(23)24/h3-12,21H,2,13-14H2,1H3,(H2,25,26,30). The molecule has 2 N–H and O–H groups in total. The van der Waals surface area contributed by atoms with Crippen molar-refractivity contribution in [3.8, 4) is 17.0 Å². The molecule has 0 radical (unpaired) electrons. The van der Waals surface area contributed by atoms with Gasteiger partial charge in [0.15, 0.2) is 0 Å². The Hall–Kier alpha value is -3.75. The second-order valence-corrected chi connectivity index (χ2v) is 6.55. The Labute approximate surface area is 177 Å². The van der Waals surface area contributed by atoms with Crippen molar-refractivity contribution in [2.45, 2.75) is 26.5 Å². The largest absolute Gasteiger partial charge is 0.434 e. The lowest BCUT2D eigenvalue weighted by atomic mass is 10.1. The molecule has 162 valence electrons. The average molecular weight is 428 g/mol. The maximum atomic E-state index is 12.7. The van der Waals surface area contributed by atoms with Crippen LogP contribution in [-0.2, 0) is 13.0 Å². The number of hydrogen-bond acceptors (Lipinski definition) is 4. The quantitative estimate of drug-likeness (QED) is 0.570. The molecule has 0 saturated heterocycles. The van der Waals surface area contributed by atoms with E-state index in [1.165, 1.54) is 18.2 Å². The van der Waals surface area contributed by atoms with E-state index in [9.17, 15) is 18.4 Å². The van der Waals surface area contributed by atoms with Crippen LogP contribution in [0, 0.1) is 0 Å². The highest BCUT2D eigenvalue weighted by atomic mass is 19.3. The Balaban J connectivity index is 1.67. The third-order valence-electron chi connectivity index (χ3n) is 4.50. The second-order valence-electron chi connectivity index (χ2n) is 6.55. The molecule has 0 spiro atoms. The Morgan fingerprint density at radius 2 is 1.84 bits per heavy atom. The van der Waals surface area contributed by atoms with Gasteiger partial charge in [0, 0.05) is 23.9 Å². The molecular weight excluding hydrogens is 406 g/mol. The van der Waals surface area contributed by atoms with Crippen LogP contribution in [0.2, 0.25) is 0 Å². The summed E-state index contributed by atoms with van der Waals surface area (Å²) < 4.78 is 31.0. The number of hydrogen-bond donors (Lipinski definition) is 2. The van der Waals surface area contributed by atoms with Crippen molar-refractivity contribution in [3.05, 3.63) is 76.6 Å². The van der Waals surface area contributed by atoms with Gasteiger partial charge in [0.2, 0.25) is 0 Å². The van der Waals surface area contributed by atoms with Crippen molar-refractivity contribution < 1.29 is 18.3 Å². The van der Waals surface area contributed by atoms with Gasteiger partial charge in [0.05, 0.1) is 12.2 Å². The van der Waals surface area contributed by atoms with E-state index in [4.69, 9.17) is 0 Å². The lowest BCUT2D eigenvalue weighted by Crippen LogP contribution is -2.34. The number of nitrogens with one attached hydrogen (secondary N) is 2. The normalized spacial score (nSPS) is 10.7. The molecule has 9 heteroatoms. The van der Waals surface area contributed by atoms with E-state index in [0.717, 1.165) is 22.4 Å². The predicted molar refractivity (Wildman–Crippen MR) is 113 cm³/mol. The van der Waals surface area contributed by atoms with Gasteiger partial charge < -0.3 is 15.4 Å². The van der Waals surface area contributed by atoms with Crippen LogP contribution in [0.5, 0.6) is 5.75 Å². The maximum Gasteiger partial charge on any atom is 0.387 e. The molecule has 1 aromatic heterocycles. The van der Waals surface area contributed by atoms with Crippen LogP contribution in [0.3, 0.4) is 0 Å². The first-order valence-corrected chi connectivity index (χ1v) is 9.73. The van der Waals surface area contributed by atoms with Crippen molar-refractivity contribution in [1.82, 2.24) is 15.1 Å². The van der Waals surface area contributed by atoms with Crippen molar-refractivity contribution in [2.24, 2.45) is 0 Å². The van der Waals surface area contributed by atoms with Crippen LogP contribution >= 0.6 is 0 Å². The van der Waals surface area contributed by atoms with Gasteiger partial charge in [0.1, 0.15) is 5.75 Å². The van der Waals surface area contributed by atoms with Crippen molar-refractivity contribution in [1.29, 1.82) is 0 Å². The van der Waals surface area contributed by atoms with Crippen LogP contribution in [0.4, 0.5) is 19.3 Å². The average Bonchev–Trinajstić information content (AvgIpc) is 2.75. The number of aromatic nitrogens is 2. The number of nitrogens with zero attached hydrogens (tertiary/aromatic N) is 2. The van der Waals surface area contributed by atoms with Crippen LogP contribution in [-0.4, -0.2) is 29.0 Å². The summed E-state index contributed by atoms with van der Waals surface area (Å²) in [5.41, 5.74) is 1.98. The minimum Gasteiger partial charge on any atom is -0.434 e. The summed E-state index contributed by atoms with van der Waals surface area (Å²) in [6, 6.07) is 16.0. The van der Waals surface area contributed by atoms with E-state index < -0.39 is 12.6 Å². The Bertz CT molecular complexity index is 1100. The number of rotatable bonds is 8. The summed E-state index contributed by atoms with van der Waals surface area (Å²) >= 11 is 0. The number of ether oxygens (including phenoxy) is 1. The molecule has 0 aliphatic rings. The zero-order chi connectivity index (χ0) is 22.2. The summed E-state index contributed by atoms with van der Waals surface area (Å²) in [6.45, 7) is -0.736. The third-order valence-corrected chi connectivity index (χ3v) is 4.50. The lowest BCUT2D eigenvalue weighted by molar-refractivity contribution is -0.0494. The van der Waals surface area contributed by atoms with Crippen LogP contribution in [0.15, 0.2) is 65.5 Å². The fraction of sp³-hybridized carbons (Fsp3) is 0.227. The smallest absolute Gasteiger partial charge is 0.387 e. The predicted octanol–water partition coefficient (Wildman–Crippen LogP) is 3.90. The minimum absolute atomic E-state index is 0.0395. The molecular formula is C22H22F2N4O3. The van der Waals surface area contributed by atoms with E-state index >= 15 is 0 Å². The second kappa shape index (κ2) is 10.3. The van der Waals surface area contributed by atoms with E-state index in [0.29, 0.717) is 11.3 Å². The molecule has 0 unspecified atom stereocenters. The maximum absolute atomic E-state index is 12.7. The third kappa shape index (κ3) is 5.88. The van der Waals surface area contributed by atoms with Crippen molar-refractivity contribution >= 4 is 11.7 Å². The van der Waals surface area contributed by atoms with E-state index in [1.807, 2.05) is 31.2 Å². The van der Waals surface area contributed by atoms with Crippen LogP contribution in [0.25, 0.3) is 11.3 Å². The minimum atomic E-state index is -2.98. The summed E-state index contributed by atoms with van der Waals surface area (Å²) in [7, 11) is 0. The topological polar surface area (TPSA) is 85.2 Å². The van der Waals surface area contributed by atoms with Gasteiger partial charge in [0.25, 0.3) is 5.56 Å². The van der Waals surface area contributed by atoms with Crippen LogP contribution < -0.4 is 20.9 Å². The molecule has 0 aliphatic carbocycles. The summed E-state index contributed by atoms with van der Waals surface area (Å²) in [6.07, 6.45) is 0.777. The number of alkyl halides is 2. The number of urea groups is 1. The van der Waals surface area contributed by atoms with Gasteiger partial charge in [-0.25, -0.2) is 9.48 Å². The van der Waals surface area contributed by atoms with Crippen LogP contribution in [0.1, 0.15) is 12.5 Å². The summed E-state index contributed by atoms with van der Waals surface area (Å²) in [5, 5.41) is 9.69. The summed E-state index contributed by atoms with van der Waals surface area (Å²) in [4.78, 5) is 24.3. The zero-order valence-corrected chi connectivity index (χ0v) is 16.8. The number of anilines is 1. The lowest BCUT2D eigenvalue weighted by Gasteiger charge is -2.13. The molecule has 0 aliphatic heterocycles. The number of aryl methyl sites for hydroxylation is 1. The molecule has 0 fully saturated rings. The highest BCUT2D eigenvalue weighted by Gasteiger charge is 2.13. The van der Waals surface area contributed by atoms with Crippen molar-refractivity contribution in [3.63, 3.8) is 0 Å². The zero-order valence-electron chi connectivity index (χ0n) is 16.8. The summed E-state index contributed by atoms with van der Waals surface area (Å²) in [5.74, 6) is -0.0395. The molecule has 3 aromatic rings. The highest BCUT2D eigenvalue weighted by molar-refractivity contribution is 5.90. The number of para-hydroxylation sites is 2. The Morgan fingerprint density at radius 1 is 1.10 bits per heavy atom.